The molecule has 0 aliphatic carbocycles. The fourth-order valence-electron chi connectivity index (χ4n) is 2.07. The van der Waals surface area contributed by atoms with Crippen LogP contribution in [0.5, 0.6) is 0 Å². The van der Waals surface area contributed by atoms with Gasteiger partial charge in [-0.2, -0.15) is 0 Å². The lowest BCUT2D eigenvalue weighted by Gasteiger charge is -2.18. The van der Waals surface area contributed by atoms with Gasteiger partial charge in [-0.25, -0.2) is 0 Å². The molecule has 3 aromatic rings. The minimum absolute atomic E-state index is 0.129. The molecule has 22 heavy (non-hydrogen) atoms. The van der Waals surface area contributed by atoms with Crippen molar-refractivity contribution in [2.45, 2.75) is 26.2 Å². The lowest BCUT2D eigenvalue weighted by molar-refractivity contribution is 0.552. The molecule has 0 N–H and O–H groups in total. The minimum atomic E-state index is 0.129. The van der Waals surface area contributed by atoms with Crippen LogP contribution in [-0.2, 0) is 5.41 Å². The maximum absolute atomic E-state index is 5.64. The van der Waals surface area contributed by atoms with Gasteiger partial charge >= 0.3 is 0 Å². The second kappa shape index (κ2) is 5.64. The highest BCUT2D eigenvalue weighted by atomic mass is 16.4. The first-order valence-electron chi connectivity index (χ1n) is 7.18. The predicted molar refractivity (Wildman–Crippen MR) is 86.1 cm³/mol. The molecule has 0 radical (unpaired) electrons. The molecule has 0 fully saturated rings. The van der Waals surface area contributed by atoms with Gasteiger partial charge in [0.15, 0.2) is 0 Å². The third-order valence-electron chi connectivity index (χ3n) is 3.37. The van der Waals surface area contributed by atoms with E-state index in [2.05, 4.69) is 43.1 Å². The first kappa shape index (κ1) is 14.3. The van der Waals surface area contributed by atoms with Crippen LogP contribution >= 0.6 is 0 Å². The molecular formula is C18H18N2O2. The number of nitrogens with zero attached hydrogens (tertiary/aromatic N) is 2. The Bertz CT molecular complexity index is 760. The first-order valence-corrected chi connectivity index (χ1v) is 7.18. The molecule has 0 unspecified atom stereocenters. The topological polar surface area (TPSA) is 52.1 Å². The largest absolute Gasteiger partial charge is 0.465 e. The summed E-state index contributed by atoms with van der Waals surface area (Å²) in [6.07, 6.45) is 5.15. The summed E-state index contributed by atoms with van der Waals surface area (Å²) in [5.74, 6) is 1.71. The first-order chi connectivity index (χ1) is 10.5. The summed E-state index contributed by atoms with van der Waals surface area (Å²) in [6, 6.07) is 11.9. The number of furan rings is 1. The molecule has 0 aliphatic heterocycles. The van der Waals surface area contributed by atoms with Gasteiger partial charge in [0.25, 0.3) is 0 Å². The SMILES string of the molecule is CC(C)(C)c1ccc(-c2nnc(/C=C/c3ccco3)o2)cc1. The van der Waals surface area contributed by atoms with Gasteiger partial charge in [-0.05, 0) is 41.3 Å². The van der Waals surface area contributed by atoms with Crippen LogP contribution in [0.1, 0.15) is 38.0 Å². The van der Waals surface area contributed by atoms with Crippen LogP contribution in [0.3, 0.4) is 0 Å². The Kier molecular flexibility index (Phi) is 3.67. The highest BCUT2D eigenvalue weighted by Crippen LogP contribution is 2.25. The quantitative estimate of drug-likeness (QED) is 0.696. The van der Waals surface area contributed by atoms with Crippen molar-refractivity contribution < 1.29 is 8.83 Å². The highest BCUT2D eigenvalue weighted by molar-refractivity contribution is 5.63. The molecule has 4 nitrogen and oxygen atoms in total. The third kappa shape index (κ3) is 3.17. The third-order valence-corrected chi connectivity index (χ3v) is 3.37. The maximum Gasteiger partial charge on any atom is 0.248 e. The van der Waals surface area contributed by atoms with Crippen LogP contribution in [0, 0.1) is 0 Å². The van der Waals surface area contributed by atoms with E-state index in [1.54, 1.807) is 18.4 Å². The summed E-state index contributed by atoms with van der Waals surface area (Å²) in [6.45, 7) is 6.56. The Morgan fingerprint density at radius 2 is 1.73 bits per heavy atom. The van der Waals surface area contributed by atoms with Crippen molar-refractivity contribution in [1.29, 1.82) is 0 Å². The van der Waals surface area contributed by atoms with E-state index in [9.17, 15) is 0 Å². The van der Waals surface area contributed by atoms with Gasteiger partial charge in [0.2, 0.25) is 11.8 Å². The van der Waals surface area contributed by atoms with Gasteiger partial charge in [-0.1, -0.05) is 32.9 Å². The van der Waals surface area contributed by atoms with Crippen molar-refractivity contribution in [2.24, 2.45) is 0 Å². The molecule has 2 aromatic heterocycles. The number of benzene rings is 1. The summed E-state index contributed by atoms with van der Waals surface area (Å²) in [5, 5.41) is 8.10. The minimum Gasteiger partial charge on any atom is -0.465 e. The Labute approximate surface area is 129 Å². The van der Waals surface area contributed by atoms with Gasteiger partial charge < -0.3 is 8.83 Å². The van der Waals surface area contributed by atoms with Gasteiger partial charge in [0.05, 0.1) is 6.26 Å². The number of rotatable bonds is 3. The van der Waals surface area contributed by atoms with Gasteiger partial charge in [0, 0.05) is 11.6 Å². The zero-order valence-electron chi connectivity index (χ0n) is 12.9. The van der Waals surface area contributed by atoms with Crippen LogP contribution < -0.4 is 0 Å². The van der Waals surface area contributed by atoms with Gasteiger partial charge in [-0.3, -0.25) is 0 Å². The van der Waals surface area contributed by atoms with E-state index in [1.807, 2.05) is 24.3 Å². The molecule has 0 aliphatic rings. The molecule has 0 bridgehead atoms. The maximum atomic E-state index is 5.64. The summed E-state index contributed by atoms with van der Waals surface area (Å²) in [5.41, 5.74) is 2.32. The van der Waals surface area contributed by atoms with Gasteiger partial charge in [0.1, 0.15) is 5.76 Å². The van der Waals surface area contributed by atoms with Crippen molar-refractivity contribution in [3.05, 3.63) is 59.9 Å². The average molecular weight is 294 g/mol. The molecule has 0 spiro atoms. The van der Waals surface area contributed by atoms with E-state index in [1.165, 1.54) is 5.56 Å². The normalized spacial score (nSPS) is 12.1. The lowest BCUT2D eigenvalue weighted by Crippen LogP contribution is -2.10. The highest BCUT2D eigenvalue weighted by Gasteiger charge is 2.14. The number of aromatic nitrogens is 2. The fraction of sp³-hybridized carbons (Fsp3) is 0.222. The zero-order chi connectivity index (χ0) is 15.6. The molecule has 1 aromatic carbocycles. The van der Waals surface area contributed by atoms with Crippen molar-refractivity contribution in [1.82, 2.24) is 10.2 Å². The zero-order valence-corrected chi connectivity index (χ0v) is 12.9. The van der Waals surface area contributed by atoms with Crippen LogP contribution in [-0.4, -0.2) is 10.2 Å². The standard InChI is InChI=1S/C18H18N2O2/c1-18(2,3)14-8-6-13(7-9-14)17-20-19-16(22-17)11-10-15-5-4-12-21-15/h4-12H,1-3H3/b11-10+. The lowest BCUT2D eigenvalue weighted by atomic mass is 9.87. The number of hydrogen-bond donors (Lipinski definition) is 0. The van der Waals surface area contributed by atoms with Crippen molar-refractivity contribution in [3.63, 3.8) is 0 Å². The van der Waals surface area contributed by atoms with E-state index >= 15 is 0 Å². The summed E-state index contributed by atoms with van der Waals surface area (Å²) in [4.78, 5) is 0. The van der Waals surface area contributed by atoms with Crippen LogP contribution in [0.4, 0.5) is 0 Å². The summed E-state index contributed by atoms with van der Waals surface area (Å²) in [7, 11) is 0. The Balaban J connectivity index is 1.79. The fourth-order valence-corrected chi connectivity index (χ4v) is 2.07. The molecule has 0 amide bonds. The predicted octanol–water partition coefficient (Wildman–Crippen LogP) is 4.80. The van der Waals surface area contributed by atoms with E-state index in [4.69, 9.17) is 8.83 Å². The molecule has 0 saturated heterocycles. The Morgan fingerprint density at radius 1 is 0.955 bits per heavy atom. The second-order valence-corrected chi connectivity index (χ2v) is 6.12. The molecule has 112 valence electrons. The molecule has 2 heterocycles. The van der Waals surface area contributed by atoms with Crippen LogP contribution in [0.2, 0.25) is 0 Å². The average Bonchev–Trinajstić information content (AvgIpc) is 3.16. The molecule has 0 atom stereocenters. The summed E-state index contributed by atoms with van der Waals surface area (Å²) < 4.78 is 10.9. The molecule has 4 heteroatoms. The smallest absolute Gasteiger partial charge is 0.248 e. The van der Waals surface area contributed by atoms with Crippen LogP contribution in [0.15, 0.2) is 51.5 Å². The molecular weight excluding hydrogens is 276 g/mol. The Hall–Kier alpha value is -2.62. The van der Waals surface area contributed by atoms with Crippen molar-refractivity contribution >= 4 is 12.2 Å². The molecule has 3 rings (SSSR count). The second-order valence-electron chi connectivity index (χ2n) is 6.12. The van der Waals surface area contributed by atoms with Crippen molar-refractivity contribution in [2.75, 3.05) is 0 Å². The van der Waals surface area contributed by atoms with Gasteiger partial charge in [-0.15, -0.1) is 10.2 Å². The van der Waals surface area contributed by atoms with E-state index in [0.29, 0.717) is 11.8 Å². The number of hydrogen-bond acceptors (Lipinski definition) is 4. The Morgan fingerprint density at radius 3 is 2.36 bits per heavy atom. The van der Waals surface area contributed by atoms with E-state index in [-0.39, 0.29) is 5.41 Å². The van der Waals surface area contributed by atoms with E-state index in [0.717, 1.165) is 11.3 Å². The van der Waals surface area contributed by atoms with E-state index < -0.39 is 0 Å². The molecule has 0 saturated carbocycles. The van der Waals surface area contributed by atoms with Crippen LogP contribution in [0.25, 0.3) is 23.6 Å². The monoisotopic (exact) mass is 294 g/mol. The summed E-state index contributed by atoms with van der Waals surface area (Å²) >= 11 is 0. The van der Waals surface area contributed by atoms with Crippen molar-refractivity contribution in [3.8, 4) is 11.5 Å².